The van der Waals surface area contributed by atoms with Crippen LogP contribution in [0.5, 0.6) is 0 Å². The van der Waals surface area contributed by atoms with Crippen molar-refractivity contribution in [3.05, 3.63) is 31.4 Å². The van der Waals surface area contributed by atoms with Gasteiger partial charge in [-0.25, -0.2) is 9.37 Å². The zero-order valence-electron chi connectivity index (χ0n) is 21.9. The lowest BCUT2D eigenvalue weighted by atomic mass is 10.1. The van der Waals surface area contributed by atoms with Gasteiger partial charge >= 0.3 is 0 Å². The Bertz CT molecular complexity index is 1290. The number of nitrogens with one attached hydrogen (secondary N) is 2. The topological polar surface area (TPSA) is 109 Å². The van der Waals surface area contributed by atoms with Crippen LogP contribution in [0.15, 0.2) is 31.4 Å². The second-order valence-electron chi connectivity index (χ2n) is 10.9. The van der Waals surface area contributed by atoms with E-state index in [1.54, 1.807) is 17.4 Å². The van der Waals surface area contributed by atoms with Crippen LogP contribution >= 0.6 is 0 Å². The second-order valence-corrected chi connectivity index (χ2v) is 10.9. The molecule has 12 heteroatoms. The molecule has 3 aromatic heterocycles. The first-order valence-corrected chi connectivity index (χ1v) is 12.7. The lowest BCUT2D eigenvalue weighted by molar-refractivity contribution is -0.117. The molecule has 11 nitrogen and oxygen atoms in total. The van der Waals surface area contributed by atoms with Gasteiger partial charge in [0, 0.05) is 18.3 Å². The van der Waals surface area contributed by atoms with Gasteiger partial charge in [-0.3, -0.25) is 9.48 Å². The van der Waals surface area contributed by atoms with E-state index in [1.165, 1.54) is 0 Å². The molecule has 0 saturated carbocycles. The summed E-state index contributed by atoms with van der Waals surface area (Å²) in [7, 11) is 2.14. The third kappa shape index (κ3) is 5.15. The van der Waals surface area contributed by atoms with Crippen molar-refractivity contribution < 1.29 is 9.18 Å². The van der Waals surface area contributed by atoms with Crippen molar-refractivity contribution in [3.63, 3.8) is 0 Å². The lowest BCUT2D eigenvalue weighted by Crippen LogP contribution is -2.40. The van der Waals surface area contributed by atoms with E-state index >= 15 is 0 Å². The molecule has 0 spiro atoms. The minimum Gasteiger partial charge on any atom is -0.345 e. The molecule has 0 aliphatic carbocycles. The molecular weight excluding hydrogens is 475 g/mol. The molecule has 3 aromatic rings. The molecular formula is C25H35FN10O. The van der Waals surface area contributed by atoms with Gasteiger partial charge in [-0.15, -0.1) is 0 Å². The number of rotatable bonds is 6. The molecule has 0 unspecified atom stereocenters. The molecule has 2 fully saturated rings. The van der Waals surface area contributed by atoms with Crippen LogP contribution in [0.3, 0.4) is 0 Å². The van der Waals surface area contributed by atoms with Crippen molar-refractivity contribution in [2.75, 3.05) is 43.4 Å². The van der Waals surface area contributed by atoms with E-state index in [0.717, 1.165) is 37.7 Å². The number of amides is 1. The van der Waals surface area contributed by atoms with Crippen LogP contribution in [0, 0.1) is 0 Å². The van der Waals surface area contributed by atoms with Crippen molar-refractivity contribution in [2.24, 2.45) is 0 Å². The monoisotopic (exact) mass is 510 g/mol. The summed E-state index contributed by atoms with van der Waals surface area (Å²) in [6.07, 6.45) is 7.55. The van der Waals surface area contributed by atoms with E-state index in [9.17, 15) is 9.18 Å². The smallest absolute Gasteiger partial charge is 0.243 e. The van der Waals surface area contributed by atoms with Gasteiger partial charge in [0.2, 0.25) is 11.9 Å². The van der Waals surface area contributed by atoms with E-state index in [0.29, 0.717) is 29.0 Å². The summed E-state index contributed by atoms with van der Waals surface area (Å²) in [6, 6.07) is -0.303. The predicted octanol–water partition coefficient (Wildman–Crippen LogP) is 2.62. The molecule has 2 aliphatic heterocycles. The number of hydrogen-bond acceptors (Lipinski definition) is 8. The van der Waals surface area contributed by atoms with Crippen LogP contribution in [0.2, 0.25) is 0 Å². The third-order valence-electron chi connectivity index (χ3n) is 7.08. The number of carbonyl (C=O) groups excluding carboxylic acids is 1. The molecule has 198 valence electrons. The molecule has 5 rings (SSSR count). The molecule has 2 N–H and O–H groups in total. The fraction of sp³-hybridized carbons (Fsp3) is 0.560. The molecule has 0 aromatic carbocycles. The maximum atomic E-state index is 14.8. The highest BCUT2D eigenvalue weighted by Crippen LogP contribution is 2.31. The first-order valence-electron chi connectivity index (χ1n) is 12.7. The summed E-state index contributed by atoms with van der Waals surface area (Å²) >= 11 is 0. The van der Waals surface area contributed by atoms with Crippen LogP contribution in [-0.2, 0) is 10.3 Å². The highest BCUT2D eigenvalue weighted by Gasteiger charge is 2.36. The number of nitrogens with zero attached hydrogens (tertiary/aromatic N) is 8. The Morgan fingerprint density at radius 1 is 1.22 bits per heavy atom. The van der Waals surface area contributed by atoms with Crippen LogP contribution in [0.25, 0.3) is 11.2 Å². The van der Waals surface area contributed by atoms with Crippen LogP contribution in [0.1, 0.15) is 39.7 Å². The number of piperidine rings is 1. The number of halogens is 1. The van der Waals surface area contributed by atoms with E-state index in [2.05, 4.69) is 60.0 Å². The highest BCUT2D eigenvalue weighted by molar-refractivity contribution is 5.88. The van der Waals surface area contributed by atoms with Crippen molar-refractivity contribution in [3.8, 4) is 0 Å². The normalized spacial score (nSPS) is 21.5. The van der Waals surface area contributed by atoms with Crippen molar-refractivity contribution in [2.45, 2.75) is 57.4 Å². The molecule has 37 heavy (non-hydrogen) atoms. The number of imidazole rings is 1. The zero-order chi connectivity index (χ0) is 26.3. The van der Waals surface area contributed by atoms with Crippen molar-refractivity contribution in [1.29, 1.82) is 0 Å². The quantitative estimate of drug-likeness (QED) is 0.487. The summed E-state index contributed by atoms with van der Waals surface area (Å²) in [5.41, 5.74) is 1.80. The second kappa shape index (κ2) is 9.73. The fourth-order valence-electron chi connectivity index (χ4n) is 4.91. The van der Waals surface area contributed by atoms with Gasteiger partial charge < -0.3 is 25.0 Å². The molecule has 0 bridgehead atoms. The molecule has 2 saturated heterocycles. The van der Waals surface area contributed by atoms with Gasteiger partial charge in [0.25, 0.3) is 0 Å². The Morgan fingerprint density at radius 2 is 1.97 bits per heavy atom. The first-order chi connectivity index (χ1) is 17.6. The largest absolute Gasteiger partial charge is 0.345 e. The van der Waals surface area contributed by atoms with Crippen LogP contribution in [0.4, 0.5) is 21.8 Å². The maximum absolute atomic E-state index is 14.8. The highest BCUT2D eigenvalue weighted by atomic mass is 19.1. The maximum Gasteiger partial charge on any atom is 0.243 e. The Balaban J connectivity index is 1.46. The summed E-state index contributed by atoms with van der Waals surface area (Å²) in [6.45, 7) is 12.1. The van der Waals surface area contributed by atoms with Crippen molar-refractivity contribution >= 4 is 34.5 Å². The van der Waals surface area contributed by atoms with Crippen LogP contribution in [-0.4, -0.2) is 85.5 Å². The Kier molecular flexibility index (Phi) is 6.61. The van der Waals surface area contributed by atoms with E-state index in [4.69, 9.17) is 9.97 Å². The summed E-state index contributed by atoms with van der Waals surface area (Å²) < 4.78 is 18.8. The number of likely N-dealkylation sites (tertiary alicyclic amines) is 1. The van der Waals surface area contributed by atoms with Gasteiger partial charge in [0.1, 0.15) is 6.17 Å². The number of fused-ring (bicyclic) bond motifs is 1. The number of alkyl halides is 1. The SMILES string of the molecule is C=CC(=O)N[C@@H]1CN(c2nc(Nc3cnn(C4CCN(C)CC4)c3)c3ncn(C(C)(C)C)c3n2)C[C@H]1F. The fourth-order valence-corrected chi connectivity index (χ4v) is 4.91. The molecule has 1 amide bonds. The van der Waals surface area contributed by atoms with Crippen molar-refractivity contribution in [1.82, 2.24) is 39.5 Å². The van der Waals surface area contributed by atoms with Gasteiger partial charge in [-0.1, -0.05) is 6.58 Å². The summed E-state index contributed by atoms with van der Waals surface area (Å²) in [4.78, 5) is 30.0. The average molecular weight is 511 g/mol. The molecule has 2 atom stereocenters. The predicted molar refractivity (Wildman–Crippen MR) is 141 cm³/mol. The standard InChI is InChI=1S/C25H35FN10O/c1-6-20(37)30-19-14-34(13-18(19)26)24-31-22(21-23(32-24)35(15-27-21)25(2,3)4)29-16-11-28-36(12-16)17-7-9-33(5)10-8-17/h6,11-12,15,17-19H,1,7-10,13-14H2,2-5H3,(H,30,37)(H,29,31,32)/t18-,19-/m1/s1. The Labute approximate surface area is 215 Å². The van der Waals surface area contributed by atoms with Gasteiger partial charge in [0.15, 0.2) is 17.0 Å². The number of anilines is 3. The van der Waals surface area contributed by atoms with Gasteiger partial charge in [-0.2, -0.15) is 15.1 Å². The molecule has 5 heterocycles. The zero-order valence-corrected chi connectivity index (χ0v) is 21.9. The minimum absolute atomic E-state index is 0.0742. The summed E-state index contributed by atoms with van der Waals surface area (Å²) in [5, 5.41) is 10.6. The number of aromatic nitrogens is 6. The first kappa shape index (κ1) is 25.1. The summed E-state index contributed by atoms with van der Waals surface area (Å²) in [5.74, 6) is 0.502. The van der Waals surface area contributed by atoms with Gasteiger partial charge in [0.05, 0.1) is 36.8 Å². The minimum atomic E-state index is -1.25. The Hall–Kier alpha value is -3.54. The van der Waals surface area contributed by atoms with Crippen LogP contribution < -0.4 is 15.5 Å². The number of hydrogen-bond donors (Lipinski definition) is 2. The third-order valence-corrected chi connectivity index (χ3v) is 7.08. The van der Waals surface area contributed by atoms with E-state index in [-0.39, 0.29) is 18.6 Å². The molecule has 2 aliphatic rings. The average Bonchev–Trinajstić information content (AvgIpc) is 3.58. The van der Waals surface area contributed by atoms with Gasteiger partial charge in [-0.05, 0) is 59.8 Å². The number of carbonyl (C=O) groups is 1. The Morgan fingerprint density at radius 3 is 2.68 bits per heavy atom. The van der Waals surface area contributed by atoms with E-state index < -0.39 is 18.1 Å². The molecule has 0 radical (unpaired) electrons. The van der Waals surface area contributed by atoms with E-state index in [1.807, 2.05) is 15.4 Å². The lowest BCUT2D eigenvalue weighted by Gasteiger charge is -2.28.